The summed E-state index contributed by atoms with van der Waals surface area (Å²) in [6.45, 7) is 2.48. The van der Waals surface area contributed by atoms with Crippen LogP contribution in [0.25, 0.3) is 10.9 Å². The minimum atomic E-state index is -4.12. The van der Waals surface area contributed by atoms with Gasteiger partial charge in [-0.1, -0.05) is 0 Å². The van der Waals surface area contributed by atoms with Crippen molar-refractivity contribution >= 4 is 38.2 Å². The largest absolute Gasteiger partial charge is 0.394 e. The number of carbonyl (C=O) groups is 1. The second kappa shape index (κ2) is 9.34. The topological polar surface area (TPSA) is 163 Å². The van der Waals surface area contributed by atoms with Gasteiger partial charge in [-0.05, 0) is 49.4 Å². The Kier molecular flexibility index (Phi) is 6.77. The molecule has 1 unspecified atom stereocenters. The van der Waals surface area contributed by atoms with Crippen LogP contribution in [0.2, 0.25) is 0 Å². The Morgan fingerprint density at radius 2 is 1.81 bits per heavy atom. The van der Waals surface area contributed by atoms with Crippen molar-refractivity contribution in [3.05, 3.63) is 58.6 Å². The molecule has 0 saturated carbocycles. The van der Waals surface area contributed by atoms with Crippen molar-refractivity contribution in [1.82, 2.24) is 9.66 Å². The highest BCUT2D eigenvalue weighted by atomic mass is 32.2. The standard InChI is InChI=1S/C20H23N5O6S/c1-12-22-19-8-5-15(21-10-16(28)11-26)9-18(19)20(29)25(12)24-32(30,31)17-6-3-14(4-7-17)23-13(2)27/h3-9,16,21,24,26,28H,10-11H2,1-2H3,(H,23,27). The number of carbonyl (C=O) groups excluding carboxylic acids is 1. The first-order chi connectivity index (χ1) is 15.1. The molecule has 0 aliphatic heterocycles. The molecule has 3 rings (SSSR count). The van der Waals surface area contributed by atoms with E-state index in [1.807, 2.05) is 0 Å². The molecule has 5 N–H and O–H groups in total. The molecule has 0 aliphatic rings. The number of amides is 1. The molecule has 2 aromatic carbocycles. The lowest BCUT2D eigenvalue weighted by atomic mass is 10.2. The van der Waals surface area contributed by atoms with Gasteiger partial charge in [-0.3, -0.25) is 9.59 Å². The van der Waals surface area contributed by atoms with Crippen molar-refractivity contribution in [2.24, 2.45) is 0 Å². The third kappa shape index (κ3) is 5.22. The molecule has 3 aromatic rings. The summed E-state index contributed by atoms with van der Waals surface area (Å²) in [5.74, 6) is -0.153. The predicted octanol–water partition coefficient (Wildman–Crippen LogP) is 0.361. The lowest BCUT2D eigenvalue weighted by Crippen LogP contribution is -2.35. The van der Waals surface area contributed by atoms with E-state index in [2.05, 4.69) is 20.4 Å². The van der Waals surface area contributed by atoms with Crippen molar-refractivity contribution in [1.29, 1.82) is 0 Å². The van der Waals surface area contributed by atoms with Gasteiger partial charge in [0.2, 0.25) is 5.91 Å². The molecule has 12 heteroatoms. The summed E-state index contributed by atoms with van der Waals surface area (Å²) in [5.41, 5.74) is 0.674. The minimum absolute atomic E-state index is 0.0661. The minimum Gasteiger partial charge on any atom is -0.394 e. The normalized spacial score (nSPS) is 12.4. The number of rotatable bonds is 8. The Bertz CT molecular complexity index is 1300. The van der Waals surface area contributed by atoms with Crippen molar-refractivity contribution in [2.75, 3.05) is 28.6 Å². The van der Waals surface area contributed by atoms with Crippen LogP contribution in [0.3, 0.4) is 0 Å². The van der Waals surface area contributed by atoms with Gasteiger partial charge in [0.25, 0.3) is 15.6 Å². The average molecular weight is 462 g/mol. The summed E-state index contributed by atoms with van der Waals surface area (Å²) >= 11 is 0. The van der Waals surface area contributed by atoms with E-state index < -0.39 is 28.3 Å². The van der Waals surface area contributed by atoms with Gasteiger partial charge in [-0.15, -0.1) is 0 Å². The van der Waals surface area contributed by atoms with Crippen LogP contribution in [-0.4, -0.2) is 53.5 Å². The quantitative estimate of drug-likeness (QED) is 0.321. The maximum Gasteiger partial charge on any atom is 0.280 e. The van der Waals surface area contributed by atoms with Crippen LogP contribution in [-0.2, 0) is 14.8 Å². The summed E-state index contributed by atoms with van der Waals surface area (Å²) in [6.07, 6.45) is -0.970. The third-order valence-corrected chi connectivity index (χ3v) is 5.80. The number of fused-ring (bicyclic) bond motifs is 1. The van der Waals surface area contributed by atoms with Gasteiger partial charge in [0, 0.05) is 24.8 Å². The molecule has 32 heavy (non-hydrogen) atoms. The highest BCUT2D eigenvalue weighted by molar-refractivity contribution is 7.92. The van der Waals surface area contributed by atoms with E-state index in [4.69, 9.17) is 5.11 Å². The van der Waals surface area contributed by atoms with E-state index in [0.29, 0.717) is 16.9 Å². The van der Waals surface area contributed by atoms with Crippen molar-refractivity contribution in [3.63, 3.8) is 0 Å². The van der Waals surface area contributed by atoms with E-state index in [1.165, 1.54) is 44.2 Å². The Morgan fingerprint density at radius 3 is 2.44 bits per heavy atom. The van der Waals surface area contributed by atoms with Crippen LogP contribution < -0.4 is 21.0 Å². The van der Waals surface area contributed by atoms with Crippen molar-refractivity contribution in [2.45, 2.75) is 24.8 Å². The van der Waals surface area contributed by atoms with E-state index in [0.717, 1.165) is 4.68 Å². The molecular formula is C20H23N5O6S. The lowest BCUT2D eigenvalue weighted by molar-refractivity contribution is -0.114. The number of hydrogen-bond donors (Lipinski definition) is 5. The van der Waals surface area contributed by atoms with Crippen LogP contribution in [0.1, 0.15) is 12.7 Å². The van der Waals surface area contributed by atoms with Gasteiger partial charge in [0.1, 0.15) is 5.82 Å². The van der Waals surface area contributed by atoms with Gasteiger partial charge >= 0.3 is 0 Å². The number of aliphatic hydroxyl groups excluding tert-OH is 2. The zero-order valence-corrected chi connectivity index (χ0v) is 18.2. The molecular weight excluding hydrogens is 438 g/mol. The number of benzene rings is 2. The number of hydrogen-bond acceptors (Lipinski definition) is 8. The predicted molar refractivity (Wildman–Crippen MR) is 120 cm³/mol. The summed E-state index contributed by atoms with van der Waals surface area (Å²) in [7, 11) is -4.12. The molecule has 1 amide bonds. The highest BCUT2D eigenvalue weighted by Gasteiger charge is 2.18. The van der Waals surface area contributed by atoms with Crippen molar-refractivity contribution in [3.8, 4) is 0 Å². The number of nitrogens with zero attached hydrogens (tertiary/aromatic N) is 2. The van der Waals surface area contributed by atoms with Crippen LogP contribution >= 0.6 is 0 Å². The fraction of sp³-hybridized carbons (Fsp3) is 0.250. The number of aromatic nitrogens is 2. The lowest BCUT2D eigenvalue weighted by Gasteiger charge is -2.15. The SMILES string of the molecule is CC(=O)Nc1ccc(S(=O)(=O)Nn2c(C)nc3ccc(NCC(O)CO)cc3c2=O)cc1. The second-order valence-electron chi connectivity index (χ2n) is 7.05. The molecule has 1 heterocycles. The van der Waals surface area contributed by atoms with Gasteiger partial charge in [-0.2, -0.15) is 13.1 Å². The maximum absolute atomic E-state index is 13.0. The Morgan fingerprint density at radius 1 is 1.16 bits per heavy atom. The Balaban J connectivity index is 1.93. The molecule has 0 radical (unpaired) electrons. The summed E-state index contributed by atoms with van der Waals surface area (Å²) in [4.78, 5) is 30.5. The molecule has 0 aliphatic carbocycles. The molecule has 170 valence electrons. The first-order valence-corrected chi connectivity index (χ1v) is 11.1. The zero-order valence-electron chi connectivity index (χ0n) is 17.4. The molecule has 0 spiro atoms. The van der Waals surface area contributed by atoms with E-state index in [1.54, 1.807) is 12.1 Å². The molecule has 0 fully saturated rings. The van der Waals surface area contributed by atoms with Gasteiger partial charge in [-0.25, -0.2) is 9.82 Å². The summed E-state index contributed by atoms with van der Waals surface area (Å²) in [5, 5.41) is 24.0. The van der Waals surface area contributed by atoms with Gasteiger partial charge in [0.15, 0.2) is 0 Å². The summed E-state index contributed by atoms with van der Waals surface area (Å²) in [6, 6.07) is 10.2. The van der Waals surface area contributed by atoms with Gasteiger partial charge in [0.05, 0.1) is 28.5 Å². The average Bonchev–Trinajstić information content (AvgIpc) is 2.75. The molecule has 0 bridgehead atoms. The monoisotopic (exact) mass is 461 g/mol. The maximum atomic E-state index is 13.0. The first kappa shape index (κ1) is 23.2. The Hall–Kier alpha value is -3.48. The summed E-state index contributed by atoms with van der Waals surface area (Å²) < 4.78 is 26.4. The third-order valence-electron chi connectivity index (χ3n) is 4.48. The van der Waals surface area contributed by atoms with E-state index >= 15 is 0 Å². The Labute approximate surface area is 183 Å². The number of sulfonamides is 1. The number of anilines is 2. The van der Waals surface area contributed by atoms with Gasteiger partial charge < -0.3 is 20.8 Å². The van der Waals surface area contributed by atoms with Crippen LogP contribution in [0.15, 0.2) is 52.2 Å². The van der Waals surface area contributed by atoms with Crippen molar-refractivity contribution < 1.29 is 23.4 Å². The molecule has 0 saturated heterocycles. The highest BCUT2D eigenvalue weighted by Crippen LogP contribution is 2.17. The van der Waals surface area contributed by atoms with E-state index in [-0.39, 0.29) is 28.6 Å². The van der Waals surface area contributed by atoms with Crippen LogP contribution in [0.4, 0.5) is 11.4 Å². The molecule has 1 aromatic heterocycles. The number of nitrogens with one attached hydrogen (secondary N) is 3. The first-order valence-electron chi connectivity index (χ1n) is 9.57. The second-order valence-corrected chi connectivity index (χ2v) is 8.71. The fourth-order valence-corrected chi connectivity index (χ4v) is 3.96. The zero-order chi connectivity index (χ0) is 23.5. The molecule has 1 atom stereocenters. The number of aliphatic hydroxyl groups is 2. The molecule has 11 nitrogen and oxygen atoms in total. The smallest absolute Gasteiger partial charge is 0.280 e. The number of aryl methyl sites for hydroxylation is 1. The van der Waals surface area contributed by atoms with E-state index in [9.17, 15) is 23.1 Å². The fourth-order valence-electron chi connectivity index (χ4n) is 2.91. The van der Waals surface area contributed by atoms with Crippen LogP contribution in [0, 0.1) is 6.92 Å². The van der Waals surface area contributed by atoms with Crippen LogP contribution in [0.5, 0.6) is 0 Å².